The zero-order valence-corrected chi connectivity index (χ0v) is 8.62. The molecule has 0 aliphatic heterocycles. The van der Waals surface area contributed by atoms with Crippen molar-refractivity contribution in [2.75, 3.05) is 6.61 Å². The van der Waals surface area contributed by atoms with Crippen LogP contribution in [0.15, 0.2) is 24.3 Å². The average molecular weight is 191 g/mol. The summed E-state index contributed by atoms with van der Waals surface area (Å²) in [7, 11) is 0. The molecular weight excluding hydrogens is 174 g/mol. The first-order chi connectivity index (χ1) is 6.76. The van der Waals surface area contributed by atoms with Gasteiger partial charge in [0.2, 0.25) is 0 Å². The highest BCUT2D eigenvalue weighted by Crippen LogP contribution is 2.42. The quantitative estimate of drug-likeness (QED) is 0.796. The van der Waals surface area contributed by atoms with Gasteiger partial charge >= 0.3 is 0 Å². The Morgan fingerprint density at radius 1 is 1.36 bits per heavy atom. The molecule has 0 spiro atoms. The van der Waals surface area contributed by atoms with E-state index in [0.717, 1.165) is 18.6 Å². The van der Waals surface area contributed by atoms with Crippen LogP contribution in [0.2, 0.25) is 0 Å². The molecule has 76 valence electrons. The van der Waals surface area contributed by atoms with Gasteiger partial charge in [0.15, 0.2) is 0 Å². The minimum Gasteiger partial charge on any atom is -0.494 e. The number of benzene rings is 1. The molecule has 2 rings (SSSR count). The van der Waals surface area contributed by atoms with E-state index >= 15 is 0 Å². The third kappa shape index (κ3) is 1.50. The van der Waals surface area contributed by atoms with Crippen molar-refractivity contribution < 1.29 is 4.74 Å². The first kappa shape index (κ1) is 9.53. The van der Waals surface area contributed by atoms with Crippen molar-refractivity contribution in [3.05, 3.63) is 29.8 Å². The molecule has 14 heavy (non-hydrogen) atoms. The monoisotopic (exact) mass is 191 g/mol. The van der Waals surface area contributed by atoms with Crippen molar-refractivity contribution in [2.24, 2.45) is 5.73 Å². The van der Waals surface area contributed by atoms with Crippen molar-refractivity contribution >= 4 is 0 Å². The average Bonchev–Trinajstić information content (AvgIpc) is 2.16. The van der Waals surface area contributed by atoms with Gasteiger partial charge in [-0.3, -0.25) is 0 Å². The van der Waals surface area contributed by atoms with Gasteiger partial charge in [-0.25, -0.2) is 0 Å². The van der Waals surface area contributed by atoms with Crippen LogP contribution in [0, 0.1) is 0 Å². The first-order valence-electron chi connectivity index (χ1n) is 5.27. The van der Waals surface area contributed by atoms with Crippen molar-refractivity contribution in [1.82, 2.24) is 0 Å². The maximum absolute atomic E-state index is 6.28. The largest absolute Gasteiger partial charge is 0.494 e. The van der Waals surface area contributed by atoms with Crippen molar-refractivity contribution in [2.45, 2.75) is 31.7 Å². The van der Waals surface area contributed by atoms with E-state index in [9.17, 15) is 0 Å². The predicted octanol–water partition coefficient (Wildman–Crippen LogP) is 2.42. The fourth-order valence-electron chi connectivity index (χ4n) is 1.99. The van der Waals surface area contributed by atoms with Crippen LogP contribution in [0.25, 0.3) is 0 Å². The van der Waals surface area contributed by atoms with E-state index in [1.165, 1.54) is 12.0 Å². The fourth-order valence-corrected chi connectivity index (χ4v) is 1.99. The Kier molecular flexibility index (Phi) is 2.46. The molecule has 1 aliphatic rings. The standard InChI is InChI=1S/C12H17NO/c1-2-14-11-7-4-3-6-10(11)12(13)8-5-9-12/h3-4,6-7H,2,5,8-9,13H2,1H3. The Morgan fingerprint density at radius 3 is 2.64 bits per heavy atom. The summed E-state index contributed by atoms with van der Waals surface area (Å²) >= 11 is 0. The molecule has 2 heteroatoms. The molecule has 1 aromatic carbocycles. The molecule has 2 nitrogen and oxygen atoms in total. The summed E-state index contributed by atoms with van der Waals surface area (Å²) in [6.07, 6.45) is 3.39. The Balaban J connectivity index is 2.31. The van der Waals surface area contributed by atoms with Crippen LogP contribution in [0.5, 0.6) is 5.75 Å². The summed E-state index contributed by atoms with van der Waals surface area (Å²) in [4.78, 5) is 0. The van der Waals surface area contributed by atoms with Gasteiger partial charge in [-0.1, -0.05) is 18.2 Å². The van der Waals surface area contributed by atoms with E-state index in [2.05, 4.69) is 6.07 Å². The topological polar surface area (TPSA) is 35.2 Å². The van der Waals surface area contributed by atoms with Gasteiger partial charge in [0.05, 0.1) is 6.61 Å². The summed E-state index contributed by atoms with van der Waals surface area (Å²) in [5, 5.41) is 0. The molecule has 0 heterocycles. The normalized spacial score (nSPS) is 18.7. The van der Waals surface area contributed by atoms with Gasteiger partial charge in [-0.15, -0.1) is 0 Å². The maximum Gasteiger partial charge on any atom is 0.124 e. The van der Waals surface area contributed by atoms with Gasteiger partial charge in [0.1, 0.15) is 5.75 Å². The van der Waals surface area contributed by atoms with E-state index < -0.39 is 0 Å². The summed E-state index contributed by atoms with van der Waals surface area (Å²) < 4.78 is 5.58. The number of rotatable bonds is 3. The van der Waals surface area contributed by atoms with Crippen LogP contribution in [-0.2, 0) is 5.54 Å². The second-order valence-corrected chi connectivity index (χ2v) is 3.94. The van der Waals surface area contributed by atoms with Gasteiger partial charge in [0.25, 0.3) is 0 Å². The first-order valence-corrected chi connectivity index (χ1v) is 5.27. The molecule has 0 atom stereocenters. The van der Waals surface area contributed by atoms with Gasteiger partial charge < -0.3 is 10.5 Å². The fraction of sp³-hybridized carbons (Fsp3) is 0.500. The lowest BCUT2D eigenvalue weighted by Gasteiger charge is -2.39. The molecule has 0 unspecified atom stereocenters. The zero-order valence-electron chi connectivity index (χ0n) is 8.62. The molecule has 1 saturated carbocycles. The van der Waals surface area contributed by atoms with Crippen molar-refractivity contribution in [3.8, 4) is 5.75 Å². The predicted molar refractivity (Wildman–Crippen MR) is 57.3 cm³/mol. The summed E-state index contributed by atoms with van der Waals surface area (Å²) in [5.41, 5.74) is 7.33. The molecule has 2 N–H and O–H groups in total. The minimum atomic E-state index is -0.119. The Labute approximate surface area is 85.1 Å². The highest BCUT2D eigenvalue weighted by molar-refractivity contribution is 5.40. The Bertz CT molecular complexity index is 318. The van der Waals surface area contributed by atoms with Gasteiger partial charge in [-0.2, -0.15) is 0 Å². The summed E-state index contributed by atoms with van der Waals surface area (Å²) in [5.74, 6) is 0.956. The van der Waals surface area contributed by atoms with Crippen LogP contribution < -0.4 is 10.5 Å². The van der Waals surface area contributed by atoms with E-state index in [0.29, 0.717) is 6.61 Å². The van der Waals surface area contributed by atoms with Crippen LogP contribution in [0.1, 0.15) is 31.7 Å². The lowest BCUT2D eigenvalue weighted by atomic mass is 9.72. The van der Waals surface area contributed by atoms with E-state index in [1.54, 1.807) is 0 Å². The maximum atomic E-state index is 6.28. The van der Waals surface area contributed by atoms with E-state index in [-0.39, 0.29) is 5.54 Å². The van der Waals surface area contributed by atoms with E-state index in [4.69, 9.17) is 10.5 Å². The summed E-state index contributed by atoms with van der Waals surface area (Å²) in [6, 6.07) is 8.12. The van der Waals surface area contributed by atoms with Crippen LogP contribution >= 0.6 is 0 Å². The summed E-state index contributed by atoms with van der Waals surface area (Å²) in [6.45, 7) is 2.70. The Hall–Kier alpha value is -1.02. The second kappa shape index (κ2) is 3.62. The van der Waals surface area contributed by atoms with Crippen LogP contribution in [0.4, 0.5) is 0 Å². The van der Waals surface area contributed by atoms with Crippen molar-refractivity contribution in [1.29, 1.82) is 0 Å². The molecule has 0 aromatic heterocycles. The highest BCUT2D eigenvalue weighted by atomic mass is 16.5. The number of ether oxygens (including phenoxy) is 1. The molecule has 0 radical (unpaired) electrons. The molecular formula is C12H17NO. The third-order valence-corrected chi connectivity index (χ3v) is 2.97. The molecule has 0 bridgehead atoms. The number of para-hydroxylation sites is 1. The smallest absolute Gasteiger partial charge is 0.124 e. The lowest BCUT2D eigenvalue weighted by molar-refractivity contribution is 0.238. The molecule has 0 amide bonds. The van der Waals surface area contributed by atoms with Crippen LogP contribution in [-0.4, -0.2) is 6.61 Å². The SMILES string of the molecule is CCOc1ccccc1C1(N)CCC1. The van der Waals surface area contributed by atoms with Crippen molar-refractivity contribution in [3.63, 3.8) is 0 Å². The zero-order chi connectivity index (χ0) is 10.0. The van der Waals surface area contributed by atoms with E-state index in [1.807, 2.05) is 25.1 Å². The number of hydrogen-bond donors (Lipinski definition) is 1. The second-order valence-electron chi connectivity index (χ2n) is 3.94. The van der Waals surface area contributed by atoms with Gasteiger partial charge in [-0.05, 0) is 32.3 Å². The molecule has 1 aliphatic carbocycles. The van der Waals surface area contributed by atoms with Gasteiger partial charge in [0, 0.05) is 11.1 Å². The Morgan fingerprint density at radius 2 is 2.07 bits per heavy atom. The molecule has 1 aromatic rings. The molecule has 1 fully saturated rings. The minimum absolute atomic E-state index is 0.119. The number of nitrogens with two attached hydrogens (primary N) is 1. The van der Waals surface area contributed by atoms with Crippen LogP contribution in [0.3, 0.4) is 0 Å². The number of hydrogen-bond acceptors (Lipinski definition) is 2. The highest BCUT2D eigenvalue weighted by Gasteiger charge is 2.36. The lowest BCUT2D eigenvalue weighted by Crippen LogP contribution is -2.43. The third-order valence-electron chi connectivity index (χ3n) is 2.97. The molecule has 0 saturated heterocycles.